The monoisotopic (exact) mass is 675 g/mol. The highest BCUT2D eigenvalue weighted by Crippen LogP contribution is 2.25. The van der Waals surface area contributed by atoms with E-state index in [1.54, 1.807) is 37.3 Å². The van der Waals surface area contributed by atoms with Crippen LogP contribution in [0, 0.1) is 30.2 Å². The zero-order valence-corrected chi connectivity index (χ0v) is 28.1. The molecular weight excluding hydrogens is 630 g/mol. The number of amides is 4. The summed E-state index contributed by atoms with van der Waals surface area (Å²) in [6, 6.07) is 17.1. The van der Waals surface area contributed by atoms with E-state index in [0.29, 0.717) is 12.1 Å². The highest BCUT2D eigenvalue weighted by molar-refractivity contribution is 6.00. The first-order valence-corrected chi connectivity index (χ1v) is 15.6. The Hall–Kier alpha value is -4.78. The zero-order valence-electron chi connectivity index (χ0n) is 28.1. The first kappa shape index (κ1) is 41.2. The van der Waals surface area contributed by atoms with Crippen LogP contribution in [0.1, 0.15) is 78.9 Å². The molecule has 0 aromatic heterocycles. The number of hydrogen-bond donors (Lipinski definition) is 5. The number of carbonyl (C=O) groups excluding carboxylic acids is 4. The molecule has 0 aliphatic heterocycles. The van der Waals surface area contributed by atoms with Gasteiger partial charge in [-0.05, 0) is 33.3 Å². The molecule has 0 fully saturated rings. The molecule has 0 bridgehead atoms. The molecule has 0 spiro atoms. The fourth-order valence-corrected chi connectivity index (χ4v) is 3.89. The number of nitrogens with one attached hydrogen (secondary N) is 5. The van der Waals surface area contributed by atoms with Crippen LogP contribution in [0.15, 0.2) is 60.7 Å². The van der Waals surface area contributed by atoms with Crippen molar-refractivity contribution < 1.29 is 36.7 Å². The smallest absolute Gasteiger partial charge is 0.257 e. The van der Waals surface area contributed by atoms with Gasteiger partial charge in [0.2, 0.25) is 11.8 Å². The Bertz CT molecular complexity index is 1480. The first-order valence-electron chi connectivity index (χ1n) is 15.6. The Morgan fingerprint density at radius 3 is 1.69 bits per heavy atom. The van der Waals surface area contributed by atoms with Crippen LogP contribution in [0.5, 0.6) is 0 Å². The van der Waals surface area contributed by atoms with Crippen LogP contribution >= 0.6 is 0 Å². The summed E-state index contributed by atoms with van der Waals surface area (Å²) in [7, 11) is 0. The van der Waals surface area contributed by atoms with Gasteiger partial charge in [0.05, 0.1) is 18.6 Å². The van der Waals surface area contributed by atoms with Crippen molar-refractivity contribution in [2.24, 2.45) is 0 Å². The first-order chi connectivity index (χ1) is 22.8. The fourth-order valence-electron chi connectivity index (χ4n) is 3.89. The summed E-state index contributed by atoms with van der Waals surface area (Å²) < 4.78 is 57.9. The molecule has 5 N–H and O–H groups in total. The maximum absolute atomic E-state index is 15.0. The largest absolute Gasteiger partial charge is 0.355 e. The van der Waals surface area contributed by atoms with Gasteiger partial charge in [0.15, 0.2) is 23.3 Å². The number of benzene rings is 3. The van der Waals surface area contributed by atoms with E-state index in [9.17, 15) is 32.3 Å². The Kier molecular flexibility index (Phi) is 18.8. The van der Waals surface area contributed by atoms with Gasteiger partial charge >= 0.3 is 0 Å². The van der Waals surface area contributed by atoms with Crippen molar-refractivity contribution in [3.8, 4) is 0 Å². The summed E-state index contributed by atoms with van der Waals surface area (Å²) in [6.45, 7) is 10.9. The average Bonchev–Trinajstić information content (AvgIpc) is 3.06. The third-order valence-corrected chi connectivity index (χ3v) is 6.36. The fraction of sp³-hybridized carbons (Fsp3) is 0.371. The van der Waals surface area contributed by atoms with Crippen LogP contribution in [-0.4, -0.2) is 55.8 Å². The third kappa shape index (κ3) is 13.5. The summed E-state index contributed by atoms with van der Waals surface area (Å²) in [4.78, 5) is 48.3. The molecule has 0 aliphatic rings. The van der Waals surface area contributed by atoms with Gasteiger partial charge in [-0.3, -0.25) is 19.2 Å². The van der Waals surface area contributed by atoms with Gasteiger partial charge in [-0.2, -0.15) is 0 Å². The van der Waals surface area contributed by atoms with Crippen LogP contribution in [0.2, 0.25) is 0 Å². The molecule has 0 radical (unpaired) electrons. The van der Waals surface area contributed by atoms with Gasteiger partial charge in [-0.15, -0.1) is 0 Å². The number of likely N-dealkylation sites (N-methyl/N-ethyl adjacent to an activating group) is 1. The number of aryl methyl sites for hydroxylation is 1. The van der Waals surface area contributed by atoms with Crippen molar-refractivity contribution in [3.63, 3.8) is 0 Å². The second-order valence-electron chi connectivity index (χ2n) is 10.6. The molecule has 0 aliphatic carbocycles. The van der Waals surface area contributed by atoms with Crippen LogP contribution < -0.4 is 26.6 Å². The molecule has 48 heavy (non-hydrogen) atoms. The maximum Gasteiger partial charge on any atom is 0.257 e. The minimum Gasteiger partial charge on any atom is -0.355 e. The van der Waals surface area contributed by atoms with E-state index in [4.69, 9.17) is 0 Å². The number of carbonyl (C=O) groups is 4. The average molecular weight is 676 g/mol. The molecule has 3 aromatic rings. The molecular formula is C35H45F4N5O4. The molecule has 13 heteroatoms. The molecule has 3 aromatic carbocycles. The SMILES string of the molecule is CCC.CCNC(=O)CNC(=O)C(C)NCCNC(=O)c1c(F)c(F)c(F)c(C(=O)N[C@H](C)c2ccccc2)c1F.Cc1ccccc1. The van der Waals surface area contributed by atoms with Crippen molar-refractivity contribution in [1.82, 2.24) is 26.6 Å². The van der Waals surface area contributed by atoms with Gasteiger partial charge in [0.25, 0.3) is 11.8 Å². The van der Waals surface area contributed by atoms with E-state index in [0.717, 1.165) is 0 Å². The van der Waals surface area contributed by atoms with Crippen molar-refractivity contribution in [3.05, 3.63) is 106 Å². The molecule has 3 rings (SSSR count). The Balaban J connectivity index is 0.000000988. The summed E-state index contributed by atoms with van der Waals surface area (Å²) in [6.07, 6.45) is 1.25. The minimum atomic E-state index is -2.18. The van der Waals surface area contributed by atoms with Crippen LogP contribution in [0.3, 0.4) is 0 Å². The number of rotatable bonds is 12. The van der Waals surface area contributed by atoms with Crippen molar-refractivity contribution in [2.45, 2.75) is 60.0 Å². The van der Waals surface area contributed by atoms with Gasteiger partial charge in [-0.1, -0.05) is 86.5 Å². The van der Waals surface area contributed by atoms with Crippen LogP contribution in [0.25, 0.3) is 0 Å². The Morgan fingerprint density at radius 2 is 1.19 bits per heavy atom. The third-order valence-electron chi connectivity index (χ3n) is 6.36. The molecule has 2 atom stereocenters. The summed E-state index contributed by atoms with van der Waals surface area (Å²) in [5, 5.41) is 12.0. The van der Waals surface area contributed by atoms with E-state index >= 15 is 4.39 Å². The lowest BCUT2D eigenvalue weighted by Crippen LogP contribution is -2.47. The highest BCUT2D eigenvalue weighted by atomic mass is 19.2. The Morgan fingerprint density at radius 1 is 0.667 bits per heavy atom. The topological polar surface area (TPSA) is 128 Å². The predicted molar refractivity (Wildman–Crippen MR) is 177 cm³/mol. The molecule has 4 amide bonds. The highest BCUT2D eigenvalue weighted by Gasteiger charge is 2.33. The van der Waals surface area contributed by atoms with Gasteiger partial charge in [-0.25, -0.2) is 17.6 Å². The van der Waals surface area contributed by atoms with E-state index in [2.05, 4.69) is 59.5 Å². The van der Waals surface area contributed by atoms with E-state index in [-0.39, 0.29) is 25.5 Å². The van der Waals surface area contributed by atoms with Crippen molar-refractivity contribution in [2.75, 3.05) is 26.2 Å². The van der Waals surface area contributed by atoms with Gasteiger partial charge in [0.1, 0.15) is 11.1 Å². The number of hydrogen-bond acceptors (Lipinski definition) is 5. The molecule has 9 nitrogen and oxygen atoms in total. The normalized spacial score (nSPS) is 11.4. The van der Waals surface area contributed by atoms with Crippen LogP contribution in [0.4, 0.5) is 17.6 Å². The van der Waals surface area contributed by atoms with Crippen molar-refractivity contribution in [1.29, 1.82) is 0 Å². The Labute approximate surface area is 279 Å². The van der Waals surface area contributed by atoms with E-state index < -0.39 is 64.2 Å². The maximum atomic E-state index is 15.0. The minimum absolute atomic E-state index is 0.0592. The second kappa shape index (κ2) is 21.9. The molecule has 1 unspecified atom stereocenters. The van der Waals surface area contributed by atoms with Gasteiger partial charge < -0.3 is 26.6 Å². The quantitative estimate of drug-likeness (QED) is 0.0790. The second-order valence-corrected chi connectivity index (χ2v) is 10.6. The van der Waals surface area contributed by atoms with Crippen LogP contribution in [-0.2, 0) is 9.59 Å². The predicted octanol–water partition coefficient (Wildman–Crippen LogP) is 5.11. The molecule has 0 saturated carbocycles. The lowest BCUT2D eigenvalue weighted by atomic mass is 10.0. The number of halogens is 4. The lowest BCUT2D eigenvalue weighted by Gasteiger charge is -2.17. The standard InChI is InChI=1S/C25H29F4N5O4.C7H8.C3H8/c1-4-30-16(35)12-33-23(36)14(3)31-10-11-32-24(37)17-19(26)18(21(28)22(29)20(17)27)25(38)34-13(2)15-8-6-5-7-9-15;1-7-5-3-2-4-6-7;1-3-2/h5-9,13-14,31H,4,10-12H2,1-3H3,(H,30,35)(H,32,37)(H,33,36)(H,34,38);2-6H,1H3;3H2,1-2H3/t13-,14?;;/m1../s1. The van der Waals surface area contributed by atoms with E-state index in [1.165, 1.54) is 25.8 Å². The summed E-state index contributed by atoms with van der Waals surface area (Å²) >= 11 is 0. The molecule has 0 saturated heterocycles. The lowest BCUT2D eigenvalue weighted by molar-refractivity contribution is -0.127. The molecule has 262 valence electrons. The summed E-state index contributed by atoms with van der Waals surface area (Å²) in [5.41, 5.74) is -0.995. The molecule has 0 heterocycles. The summed E-state index contributed by atoms with van der Waals surface area (Å²) in [5.74, 6) is -11.9. The van der Waals surface area contributed by atoms with Crippen molar-refractivity contribution >= 4 is 23.6 Å². The van der Waals surface area contributed by atoms with E-state index in [1.807, 2.05) is 18.2 Å². The zero-order chi connectivity index (χ0) is 36.2. The van der Waals surface area contributed by atoms with Gasteiger partial charge in [0, 0.05) is 19.6 Å².